The summed E-state index contributed by atoms with van der Waals surface area (Å²) in [6.07, 6.45) is 3.60. The molecule has 0 spiro atoms. The molecule has 3 nitrogen and oxygen atoms in total. The summed E-state index contributed by atoms with van der Waals surface area (Å²) in [4.78, 5) is 0. The quantitative estimate of drug-likeness (QED) is 0.811. The molecule has 4 heteroatoms. The molecule has 1 saturated carbocycles. The first-order valence-electron chi connectivity index (χ1n) is 5.43. The van der Waals surface area contributed by atoms with Gasteiger partial charge in [0, 0.05) is 17.2 Å². The summed E-state index contributed by atoms with van der Waals surface area (Å²) in [5.41, 5.74) is 6.08. The van der Waals surface area contributed by atoms with Crippen LogP contribution in [0.2, 0.25) is 0 Å². The Morgan fingerprint density at radius 2 is 2.00 bits per heavy atom. The van der Waals surface area contributed by atoms with Gasteiger partial charge in [-0.1, -0.05) is 12.8 Å². The summed E-state index contributed by atoms with van der Waals surface area (Å²) < 4.78 is 18.4. The Hall–Kier alpha value is -1.29. The summed E-state index contributed by atoms with van der Waals surface area (Å²) in [6.45, 7) is 0. The van der Waals surface area contributed by atoms with Gasteiger partial charge in [0.1, 0.15) is 5.75 Å². The molecule has 2 rings (SSSR count). The molecule has 1 aromatic carbocycles. The topological polar surface area (TPSA) is 55.5 Å². The van der Waals surface area contributed by atoms with Gasteiger partial charge in [0.15, 0.2) is 11.6 Å². The number of halogens is 1. The third kappa shape index (κ3) is 1.73. The van der Waals surface area contributed by atoms with Gasteiger partial charge in [-0.15, -0.1) is 0 Å². The zero-order valence-electron chi connectivity index (χ0n) is 9.29. The molecule has 0 amide bonds. The van der Waals surface area contributed by atoms with E-state index in [1.54, 1.807) is 0 Å². The Balaban J connectivity index is 2.45. The first-order valence-corrected chi connectivity index (χ1v) is 5.43. The molecule has 1 aromatic rings. The maximum atomic E-state index is 13.6. The summed E-state index contributed by atoms with van der Waals surface area (Å²) >= 11 is 0. The van der Waals surface area contributed by atoms with Crippen molar-refractivity contribution in [1.29, 1.82) is 0 Å². The molecule has 0 unspecified atom stereocenters. The van der Waals surface area contributed by atoms with Crippen molar-refractivity contribution in [3.8, 4) is 11.5 Å². The molecule has 0 saturated heterocycles. The minimum atomic E-state index is -0.586. The Kier molecular flexibility index (Phi) is 2.76. The largest absolute Gasteiger partial charge is 0.507 e. The highest BCUT2D eigenvalue weighted by molar-refractivity contribution is 5.45. The number of methoxy groups -OCH3 is 1. The number of ether oxygens (including phenoxy) is 1. The molecule has 0 radical (unpaired) electrons. The van der Waals surface area contributed by atoms with E-state index >= 15 is 0 Å². The predicted octanol–water partition coefficient (Wildman–Crippen LogP) is 2.27. The van der Waals surface area contributed by atoms with Gasteiger partial charge in [0.25, 0.3) is 0 Å². The lowest BCUT2D eigenvalue weighted by Gasteiger charge is -2.25. The number of hydrogen-bond acceptors (Lipinski definition) is 3. The van der Waals surface area contributed by atoms with Crippen LogP contribution in [0, 0.1) is 5.82 Å². The van der Waals surface area contributed by atoms with E-state index < -0.39 is 11.4 Å². The van der Waals surface area contributed by atoms with E-state index in [1.165, 1.54) is 19.2 Å². The van der Waals surface area contributed by atoms with E-state index in [1.807, 2.05) is 0 Å². The molecule has 88 valence electrons. The maximum Gasteiger partial charge on any atom is 0.165 e. The Labute approximate surface area is 94.0 Å². The lowest BCUT2D eigenvalue weighted by atomic mass is 9.88. The van der Waals surface area contributed by atoms with Crippen LogP contribution < -0.4 is 10.5 Å². The number of rotatable bonds is 2. The van der Waals surface area contributed by atoms with Gasteiger partial charge in [-0.3, -0.25) is 0 Å². The van der Waals surface area contributed by atoms with Crippen molar-refractivity contribution < 1.29 is 14.2 Å². The molecular formula is C12H16FNO2. The maximum absolute atomic E-state index is 13.6. The third-order valence-corrected chi connectivity index (χ3v) is 3.30. The smallest absolute Gasteiger partial charge is 0.165 e. The summed E-state index contributed by atoms with van der Waals surface area (Å²) in [6, 6.07) is 2.58. The van der Waals surface area contributed by atoms with Crippen LogP contribution >= 0.6 is 0 Å². The van der Waals surface area contributed by atoms with Crippen molar-refractivity contribution in [2.75, 3.05) is 7.11 Å². The van der Waals surface area contributed by atoms with E-state index in [9.17, 15) is 9.50 Å². The standard InChI is InChI=1S/C12H16FNO2/c1-16-11-7-10(15)8(6-9(11)13)12(14)4-2-3-5-12/h6-7,15H,2-5,14H2,1H3. The van der Waals surface area contributed by atoms with Gasteiger partial charge >= 0.3 is 0 Å². The van der Waals surface area contributed by atoms with E-state index in [-0.39, 0.29) is 11.5 Å². The fourth-order valence-electron chi connectivity index (χ4n) is 2.37. The number of phenolic OH excluding ortho intramolecular Hbond substituents is 1. The number of nitrogens with two attached hydrogens (primary N) is 1. The van der Waals surface area contributed by atoms with E-state index in [0.29, 0.717) is 5.56 Å². The SMILES string of the molecule is COc1cc(O)c(C2(N)CCCC2)cc1F. The fraction of sp³-hybridized carbons (Fsp3) is 0.500. The molecular weight excluding hydrogens is 209 g/mol. The van der Waals surface area contributed by atoms with Crippen LogP contribution in [0.1, 0.15) is 31.2 Å². The Bertz CT molecular complexity index is 400. The summed E-state index contributed by atoms with van der Waals surface area (Å²) in [5.74, 6) is -0.419. The molecule has 3 N–H and O–H groups in total. The molecule has 1 aliphatic rings. The summed E-state index contributed by atoms with van der Waals surface area (Å²) in [7, 11) is 1.37. The molecule has 0 heterocycles. The van der Waals surface area contributed by atoms with Crippen molar-refractivity contribution in [2.45, 2.75) is 31.2 Å². The molecule has 0 aromatic heterocycles. The normalized spacial score (nSPS) is 18.7. The van der Waals surface area contributed by atoms with Gasteiger partial charge in [0.2, 0.25) is 0 Å². The highest BCUT2D eigenvalue weighted by atomic mass is 19.1. The third-order valence-electron chi connectivity index (χ3n) is 3.30. The second kappa shape index (κ2) is 3.94. The van der Waals surface area contributed by atoms with Crippen molar-refractivity contribution in [3.63, 3.8) is 0 Å². The monoisotopic (exact) mass is 225 g/mol. The number of aromatic hydroxyl groups is 1. The highest BCUT2D eigenvalue weighted by Crippen LogP contribution is 2.42. The van der Waals surface area contributed by atoms with Gasteiger partial charge < -0.3 is 15.6 Å². The van der Waals surface area contributed by atoms with E-state index in [0.717, 1.165) is 25.7 Å². The molecule has 16 heavy (non-hydrogen) atoms. The van der Waals surface area contributed by atoms with Crippen LogP contribution in [0.3, 0.4) is 0 Å². The minimum Gasteiger partial charge on any atom is -0.507 e. The minimum absolute atomic E-state index is 0.0163. The predicted molar refractivity (Wildman–Crippen MR) is 59.0 cm³/mol. The molecule has 1 fully saturated rings. The Morgan fingerprint density at radius 3 is 2.56 bits per heavy atom. The first-order chi connectivity index (χ1) is 7.57. The van der Waals surface area contributed by atoms with E-state index in [4.69, 9.17) is 10.5 Å². The highest BCUT2D eigenvalue weighted by Gasteiger charge is 2.34. The van der Waals surface area contributed by atoms with Gasteiger partial charge in [0.05, 0.1) is 7.11 Å². The Morgan fingerprint density at radius 1 is 1.38 bits per heavy atom. The molecule has 0 aliphatic heterocycles. The van der Waals surface area contributed by atoms with Crippen LogP contribution in [0.4, 0.5) is 4.39 Å². The number of hydrogen-bond donors (Lipinski definition) is 2. The average molecular weight is 225 g/mol. The number of phenols is 1. The second-order valence-electron chi connectivity index (χ2n) is 4.37. The zero-order valence-corrected chi connectivity index (χ0v) is 9.29. The van der Waals surface area contributed by atoms with Crippen molar-refractivity contribution >= 4 is 0 Å². The van der Waals surface area contributed by atoms with Crippen LogP contribution in [-0.2, 0) is 5.54 Å². The summed E-state index contributed by atoms with van der Waals surface area (Å²) in [5, 5.41) is 9.85. The van der Waals surface area contributed by atoms with Gasteiger partial charge in [-0.2, -0.15) is 0 Å². The molecule has 0 atom stereocenters. The van der Waals surface area contributed by atoms with Crippen LogP contribution in [0.25, 0.3) is 0 Å². The molecule has 0 bridgehead atoms. The lowest BCUT2D eigenvalue weighted by molar-refractivity contribution is 0.368. The van der Waals surface area contributed by atoms with Crippen molar-refractivity contribution in [2.24, 2.45) is 5.73 Å². The van der Waals surface area contributed by atoms with Crippen LogP contribution in [0.15, 0.2) is 12.1 Å². The van der Waals surface area contributed by atoms with Gasteiger partial charge in [-0.25, -0.2) is 4.39 Å². The van der Waals surface area contributed by atoms with Crippen molar-refractivity contribution in [1.82, 2.24) is 0 Å². The second-order valence-corrected chi connectivity index (χ2v) is 4.37. The van der Waals surface area contributed by atoms with Crippen molar-refractivity contribution in [3.05, 3.63) is 23.5 Å². The fourth-order valence-corrected chi connectivity index (χ4v) is 2.37. The van der Waals surface area contributed by atoms with Crippen LogP contribution in [-0.4, -0.2) is 12.2 Å². The number of benzene rings is 1. The van der Waals surface area contributed by atoms with E-state index in [2.05, 4.69) is 0 Å². The van der Waals surface area contributed by atoms with Gasteiger partial charge in [-0.05, 0) is 18.9 Å². The lowest BCUT2D eigenvalue weighted by Crippen LogP contribution is -2.33. The average Bonchev–Trinajstić information content (AvgIpc) is 2.69. The van der Waals surface area contributed by atoms with Crippen LogP contribution in [0.5, 0.6) is 11.5 Å². The first kappa shape index (κ1) is 11.2. The zero-order chi connectivity index (χ0) is 11.8. The molecule has 1 aliphatic carbocycles.